The minimum Gasteiger partial charge on any atom is -0.456 e. The molecule has 0 aliphatic carbocycles. The lowest BCUT2D eigenvalue weighted by Crippen LogP contribution is -2.13. The summed E-state index contributed by atoms with van der Waals surface area (Å²) < 4.78 is 6.86. The highest BCUT2D eigenvalue weighted by Gasteiger charge is 2.22. The summed E-state index contributed by atoms with van der Waals surface area (Å²) in [6, 6.07) is 88.5. The Balaban J connectivity index is 0.962. The van der Waals surface area contributed by atoms with E-state index in [1.165, 1.54) is 44.5 Å². The van der Waals surface area contributed by atoms with Crippen molar-refractivity contribution in [3.05, 3.63) is 254 Å². The first-order valence-corrected chi connectivity index (χ1v) is 25.2. The summed E-state index contributed by atoms with van der Waals surface area (Å²) in [6.45, 7) is 11.3. The Bertz CT molecular complexity index is 3900. The first-order valence-electron chi connectivity index (χ1n) is 25.2. The second-order valence-electron chi connectivity index (χ2n) is 20.4. The number of benzene rings is 11. The molecule has 0 bridgehead atoms. The van der Waals surface area contributed by atoms with E-state index in [1.54, 1.807) is 0 Å². The third-order valence-corrected chi connectivity index (χ3v) is 14.4. The Labute approximate surface area is 422 Å². The van der Waals surface area contributed by atoms with Crippen LogP contribution in [0.1, 0.15) is 51.7 Å². The monoisotopic (exact) mass is 928 g/mol. The van der Waals surface area contributed by atoms with Crippen LogP contribution in [0.25, 0.3) is 76.9 Å². The Morgan fingerprint density at radius 2 is 0.750 bits per heavy atom. The molecule has 3 nitrogen and oxygen atoms in total. The van der Waals surface area contributed by atoms with Crippen LogP contribution < -0.4 is 9.80 Å². The van der Waals surface area contributed by atoms with Gasteiger partial charge < -0.3 is 14.2 Å². The molecule has 0 radical (unpaired) electrons. The summed E-state index contributed by atoms with van der Waals surface area (Å²) in [5.41, 5.74) is 18.1. The fourth-order valence-corrected chi connectivity index (χ4v) is 10.4. The van der Waals surface area contributed by atoms with Crippen molar-refractivity contribution in [3.63, 3.8) is 0 Å². The molecule has 0 saturated carbocycles. The lowest BCUT2D eigenvalue weighted by molar-refractivity contribution is 0.590. The van der Waals surface area contributed by atoms with E-state index in [-0.39, 0.29) is 5.41 Å². The normalized spacial score (nSPS) is 11.8. The highest BCUT2D eigenvalue weighted by Crippen LogP contribution is 2.46. The predicted molar refractivity (Wildman–Crippen MR) is 307 cm³/mol. The second kappa shape index (κ2) is 18.3. The standard InChI is InChI=1S/C69H56N2O/c1-46(2)47-24-26-51(27-25-47)62-21-13-15-23-66(62)70(57-34-28-49(29-35-57)48-16-8-6-9-17-48)59-36-30-52-42-63-64-43-53-31-37-60(41-55(53)45-68(64)72-67(63)44-54(52)40-59)71(58-38-32-56(33-39-58)69(3,4)5)65-22-14-12-20-61(65)50-18-10-7-11-19-50/h6-46H,1-5H3. The van der Waals surface area contributed by atoms with Crippen LogP contribution >= 0.6 is 0 Å². The Kier molecular flexibility index (Phi) is 11.3. The highest BCUT2D eigenvalue weighted by atomic mass is 16.3. The van der Waals surface area contributed by atoms with Gasteiger partial charge in [0.15, 0.2) is 0 Å². The van der Waals surface area contributed by atoms with Gasteiger partial charge in [0.2, 0.25) is 0 Å². The molecule has 0 N–H and O–H groups in total. The van der Waals surface area contributed by atoms with Gasteiger partial charge in [-0.25, -0.2) is 0 Å². The summed E-state index contributed by atoms with van der Waals surface area (Å²) in [5, 5.41) is 6.77. The van der Waals surface area contributed by atoms with E-state index in [2.05, 4.69) is 287 Å². The second-order valence-corrected chi connectivity index (χ2v) is 20.4. The van der Waals surface area contributed by atoms with Crippen LogP contribution in [-0.4, -0.2) is 0 Å². The number of fused-ring (bicyclic) bond motifs is 5. The lowest BCUT2D eigenvalue weighted by Gasteiger charge is -2.29. The van der Waals surface area contributed by atoms with Crippen molar-refractivity contribution >= 4 is 77.6 Å². The van der Waals surface area contributed by atoms with Crippen LogP contribution in [0, 0.1) is 0 Å². The molecule has 1 aromatic heterocycles. The molecule has 0 spiro atoms. The van der Waals surface area contributed by atoms with E-state index >= 15 is 0 Å². The maximum Gasteiger partial charge on any atom is 0.136 e. The summed E-state index contributed by atoms with van der Waals surface area (Å²) in [6.07, 6.45) is 0. The van der Waals surface area contributed by atoms with Crippen molar-refractivity contribution in [2.45, 2.75) is 46.0 Å². The van der Waals surface area contributed by atoms with Crippen molar-refractivity contribution in [1.82, 2.24) is 0 Å². The van der Waals surface area contributed by atoms with Gasteiger partial charge in [-0.1, -0.05) is 192 Å². The lowest BCUT2D eigenvalue weighted by atomic mass is 9.87. The number of nitrogens with zero attached hydrogens (tertiary/aromatic N) is 2. The van der Waals surface area contributed by atoms with Crippen LogP contribution in [0.2, 0.25) is 0 Å². The SMILES string of the molecule is CC(C)c1ccc(-c2ccccc2N(c2ccc(-c3ccccc3)cc2)c2ccc3cc4c(cc3c2)oc2cc3cc(N(c5ccc(C(C)(C)C)cc5)c5ccccc5-c5ccccc5)ccc3cc24)cc1. The fraction of sp³-hybridized carbons (Fsp3) is 0.101. The molecule has 0 aliphatic rings. The molecular weight excluding hydrogens is 873 g/mol. The van der Waals surface area contributed by atoms with Gasteiger partial charge in [0.25, 0.3) is 0 Å². The molecular formula is C69H56N2O. The van der Waals surface area contributed by atoms with Gasteiger partial charge >= 0.3 is 0 Å². The molecule has 72 heavy (non-hydrogen) atoms. The van der Waals surface area contributed by atoms with Gasteiger partial charge in [-0.05, 0) is 151 Å². The molecule has 1 heterocycles. The smallest absolute Gasteiger partial charge is 0.136 e. The zero-order valence-electron chi connectivity index (χ0n) is 41.5. The summed E-state index contributed by atoms with van der Waals surface area (Å²) in [4.78, 5) is 4.79. The predicted octanol–water partition coefficient (Wildman–Crippen LogP) is 20.3. The van der Waals surface area contributed by atoms with Gasteiger partial charge in [-0.15, -0.1) is 0 Å². The summed E-state index contributed by atoms with van der Waals surface area (Å²) in [7, 11) is 0. The molecule has 0 unspecified atom stereocenters. The topological polar surface area (TPSA) is 19.6 Å². The number of furan rings is 1. The van der Waals surface area contributed by atoms with Crippen LogP contribution in [0.15, 0.2) is 247 Å². The highest BCUT2D eigenvalue weighted by molar-refractivity contribution is 6.14. The number of hydrogen-bond acceptors (Lipinski definition) is 3. The summed E-state index contributed by atoms with van der Waals surface area (Å²) in [5.74, 6) is 0.462. The van der Waals surface area contributed by atoms with E-state index in [0.29, 0.717) is 5.92 Å². The average Bonchev–Trinajstić information content (AvgIpc) is 3.76. The molecule has 0 aliphatic heterocycles. The maximum atomic E-state index is 6.86. The van der Waals surface area contributed by atoms with Crippen molar-refractivity contribution in [3.8, 4) is 33.4 Å². The van der Waals surface area contributed by atoms with E-state index in [9.17, 15) is 0 Å². The van der Waals surface area contributed by atoms with Gasteiger partial charge in [-0.2, -0.15) is 0 Å². The molecule has 0 amide bonds. The van der Waals surface area contributed by atoms with E-state index in [4.69, 9.17) is 4.42 Å². The quantitative estimate of drug-likeness (QED) is 0.136. The Morgan fingerprint density at radius 3 is 1.24 bits per heavy atom. The first kappa shape index (κ1) is 44.5. The number of para-hydroxylation sites is 2. The molecule has 12 rings (SSSR count). The van der Waals surface area contributed by atoms with Gasteiger partial charge in [0.05, 0.1) is 11.4 Å². The molecule has 0 saturated heterocycles. The largest absolute Gasteiger partial charge is 0.456 e. The van der Waals surface area contributed by atoms with Crippen molar-refractivity contribution in [2.24, 2.45) is 0 Å². The minimum absolute atomic E-state index is 0.0452. The van der Waals surface area contributed by atoms with Crippen LogP contribution in [0.3, 0.4) is 0 Å². The van der Waals surface area contributed by atoms with E-state index < -0.39 is 0 Å². The molecule has 12 aromatic rings. The Morgan fingerprint density at radius 1 is 0.347 bits per heavy atom. The van der Waals surface area contributed by atoms with Gasteiger partial charge in [-0.3, -0.25) is 0 Å². The van der Waals surface area contributed by atoms with Crippen LogP contribution in [0.5, 0.6) is 0 Å². The van der Waals surface area contributed by atoms with Crippen LogP contribution in [0.4, 0.5) is 34.1 Å². The molecule has 0 atom stereocenters. The van der Waals surface area contributed by atoms with E-state index in [0.717, 1.165) is 77.6 Å². The third-order valence-electron chi connectivity index (χ3n) is 14.4. The van der Waals surface area contributed by atoms with E-state index in [1.807, 2.05) is 0 Å². The van der Waals surface area contributed by atoms with Gasteiger partial charge in [0.1, 0.15) is 11.2 Å². The van der Waals surface area contributed by atoms with Crippen molar-refractivity contribution in [1.29, 1.82) is 0 Å². The third kappa shape index (κ3) is 8.37. The average molecular weight is 929 g/mol. The Hall–Kier alpha value is -8.66. The molecule has 348 valence electrons. The number of anilines is 6. The summed E-state index contributed by atoms with van der Waals surface area (Å²) >= 11 is 0. The zero-order valence-corrected chi connectivity index (χ0v) is 41.5. The first-order chi connectivity index (χ1) is 35.1. The van der Waals surface area contributed by atoms with Crippen molar-refractivity contribution in [2.75, 3.05) is 9.80 Å². The maximum absolute atomic E-state index is 6.86. The number of rotatable bonds is 10. The minimum atomic E-state index is 0.0452. The number of hydrogen-bond donors (Lipinski definition) is 0. The molecule has 3 heteroatoms. The zero-order chi connectivity index (χ0) is 48.9. The molecule has 0 fully saturated rings. The van der Waals surface area contributed by atoms with Crippen molar-refractivity contribution < 1.29 is 4.42 Å². The molecule has 11 aromatic carbocycles. The fourth-order valence-electron chi connectivity index (χ4n) is 10.4. The van der Waals surface area contributed by atoms with Gasteiger partial charge in [0, 0.05) is 44.6 Å². The van der Waals surface area contributed by atoms with Crippen LogP contribution in [-0.2, 0) is 5.41 Å².